The van der Waals surface area contributed by atoms with Crippen LogP contribution in [0.2, 0.25) is 10.0 Å². The number of benzene rings is 7. The Bertz CT molecular complexity index is 3030. The molecular formula is C36H16Cl2N2O10S2. The van der Waals surface area contributed by atoms with Gasteiger partial charge in [0.25, 0.3) is 43.9 Å². The van der Waals surface area contributed by atoms with Gasteiger partial charge in [0.1, 0.15) is 9.79 Å². The van der Waals surface area contributed by atoms with Crippen molar-refractivity contribution in [1.29, 1.82) is 0 Å². The van der Waals surface area contributed by atoms with E-state index in [9.17, 15) is 45.1 Å². The molecule has 2 aliphatic heterocycles. The van der Waals surface area contributed by atoms with Crippen LogP contribution in [0.4, 0.5) is 11.4 Å². The van der Waals surface area contributed by atoms with Gasteiger partial charge in [0.15, 0.2) is 0 Å². The quantitative estimate of drug-likeness (QED) is 0.0807. The molecule has 9 rings (SSSR count). The summed E-state index contributed by atoms with van der Waals surface area (Å²) in [6.45, 7) is 0. The van der Waals surface area contributed by atoms with E-state index in [0.717, 1.165) is 29.2 Å². The maximum Gasteiger partial charge on any atom is 0.296 e. The number of halogens is 2. The summed E-state index contributed by atoms with van der Waals surface area (Å²) in [5.74, 6) is -3.16. The van der Waals surface area contributed by atoms with Crippen LogP contribution in [0.5, 0.6) is 0 Å². The molecule has 4 amide bonds. The van der Waals surface area contributed by atoms with Crippen LogP contribution in [0.25, 0.3) is 43.1 Å². The highest BCUT2D eigenvalue weighted by atomic mass is 35.5. The second-order valence-electron chi connectivity index (χ2n) is 12.2. The number of carbonyl (C=O) groups is 4. The van der Waals surface area contributed by atoms with E-state index < -0.39 is 53.7 Å². The van der Waals surface area contributed by atoms with Crippen LogP contribution >= 0.6 is 23.2 Å². The minimum Gasteiger partial charge on any atom is -0.282 e. The lowest BCUT2D eigenvalue weighted by molar-refractivity contribution is 0.0877. The van der Waals surface area contributed by atoms with Crippen LogP contribution in [0.3, 0.4) is 0 Å². The molecule has 2 heterocycles. The highest BCUT2D eigenvalue weighted by Crippen LogP contribution is 2.47. The maximum absolute atomic E-state index is 14.1. The van der Waals surface area contributed by atoms with Gasteiger partial charge in [-0.3, -0.25) is 28.3 Å². The lowest BCUT2D eigenvalue weighted by Crippen LogP contribution is -2.41. The Morgan fingerprint density at radius 3 is 1.31 bits per heavy atom. The molecular weight excluding hydrogens is 755 g/mol. The zero-order valence-corrected chi connectivity index (χ0v) is 28.9. The minimum atomic E-state index is -4.91. The third kappa shape index (κ3) is 4.27. The van der Waals surface area contributed by atoms with Crippen LogP contribution in [0.15, 0.2) is 94.7 Å². The standard InChI is InChI=1S/C36H16Cl2N2O10S2/c37-15-1-12-26(28(13-15)52(48,49)50)40-35(43)23-9-5-19-17-3-7-21-31-22(8-4-18(29(17)31)20-6-10-24(36(40)44)32(23)30(19)20)34(42)39(33(21)41)16-2-11-25(38)27(14-16)51(45,46)47/h1-14H,(H,45,46,47)(H,48,49,50). The smallest absolute Gasteiger partial charge is 0.282 e. The summed E-state index contributed by atoms with van der Waals surface area (Å²) in [7, 11) is -9.70. The van der Waals surface area contributed by atoms with Gasteiger partial charge in [-0.05, 0) is 93.0 Å². The Morgan fingerprint density at radius 2 is 0.885 bits per heavy atom. The van der Waals surface area contributed by atoms with E-state index in [4.69, 9.17) is 23.2 Å². The second-order valence-corrected chi connectivity index (χ2v) is 15.8. The van der Waals surface area contributed by atoms with Crippen molar-refractivity contribution >= 4 is 122 Å². The van der Waals surface area contributed by atoms with Crippen LogP contribution in [0.1, 0.15) is 41.4 Å². The normalized spacial score (nSPS) is 14.9. The molecule has 7 aromatic rings. The van der Waals surface area contributed by atoms with Gasteiger partial charge in [-0.15, -0.1) is 0 Å². The average molecular weight is 772 g/mol. The number of amides is 4. The van der Waals surface area contributed by atoms with Gasteiger partial charge >= 0.3 is 0 Å². The first-order valence-electron chi connectivity index (χ1n) is 15.1. The molecule has 52 heavy (non-hydrogen) atoms. The first-order valence-corrected chi connectivity index (χ1v) is 18.7. The van der Waals surface area contributed by atoms with Crippen LogP contribution in [0, 0.1) is 0 Å². The summed E-state index contributed by atoms with van der Waals surface area (Å²) < 4.78 is 68.0. The van der Waals surface area contributed by atoms with Gasteiger partial charge in [-0.1, -0.05) is 47.5 Å². The van der Waals surface area contributed by atoms with Crippen molar-refractivity contribution in [3.05, 3.63) is 117 Å². The van der Waals surface area contributed by atoms with Crippen molar-refractivity contribution in [2.24, 2.45) is 0 Å². The molecule has 2 aliphatic rings. The number of imide groups is 2. The molecule has 16 heteroatoms. The van der Waals surface area contributed by atoms with E-state index in [1.807, 2.05) is 0 Å². The summed E-state index contributed by atoms with van der Waals surface area (Å²) >= 11 is 12.0. The SMILES string of the molecule is O=C1c2ccc3c4ccc5c6c(ccc(c7ccc(c2c37)C(=O)N1c1ccc(Cl)c(S(=O)(=O)O)c1)c64)C(=O)N(c1ccc(Cl)cc1S(=O)(=O)O)C5=O. The van der Waals surface area contributed by atoms with Gasteiger partial charge in [-0.25, -0.2) is 9.80 Å². The Hall–Kier alpha value is -5.48. The molecule has 0 spiro atoms. The highest BCUT2D eigenvalue weighted by Gasteiger charge is 2.39. The number of hydrogen-bond acceptors (Lipinski definition) is 8. The highest BCUT2D eigenvalue weighted by molar-refractivity contribution is 7.86. The zero-order chi connectivity index (χ0) is 36.8. The van der Waals surface area contributed by atoms with Gasteiger partial charge < -0.3 is 0 Å². The summed E-state index contributed by atoms with van der Waals surface area (Å²) in [5.41, 5.74) is -0.0250. The van der Waals surface area contributed by atoms with Crippen molar-refractivity contribution in [3.63, 3.8) is 0 Å². The molecule has 0 fully saturated rings. The second kappa shape index (κ2) is 10.5. The fraction of sp³-hybridized carbons (Fsp3) is 0. The first kappa shape index (κ1) is 32.4. The Balaban J connectivity index is 1.27. The lowest BCUT2D eigenvalue weighted by atomic mass is 9.82. The minimum absolute atomic E-state index is 0.0431. The molecule has 256 valence electrons. The van der Waals surface area contributed by atoms with Crippen molar-refractivity contribution in [3.8, 4) is 0 Å². The Labute approximate surface area is 302 Å². The fourth-order valence-corrected chi connectivity index (χ4v) is 9.36. The van der Waals surface area contributed by atoms with E-state index in [2.05, 4.69) is 0 Å². The number of carbonyl (C=O) groups excluding carboxylic acids is 4. The summed E-state index contributed by atoms with van der Waals surface area (Å²) in [6.07, 6.45) is 0. The predicted molar refractivity (Wildman–Crippen MR) is 192 cm³/mol. The molecule has 0 unspecified atom stereocenters. The van der Waals surface area contributed by atoms with Gasteiger partial charge in [0, 0.05) is 38.0 Å². The number of fused-ring (bicyclic) bond motifs is 2. The molecule has 0 bridgehead atoms. The number of nitrogens with zero attached hydrogens (tertiary/aromatic N) is 2. The van der Waals surface area contributed by atoms with Gasteiger partial charge in [0.05, 0.1) is 16.4 Å². The Kier molecular flexibility index (Phi) is 6.57. The van der Waals surface area contributed by atoms with E-state index in [1.54, 1.807) is 24.3 Å². The summed E-state index contributed by atoms with van der Waals surface area (Å²) in [5, 5.41) is 3.85. The molecule has 0 aromatic heterocycles. The molecule has 7 aromatic carbocycles. The molecule has 0 radical (unpaired) electrons. The van der Waals surface area contributed by atoms with E-state index >= 15 is 0 Å². The van der Waals surface area contributed by atoms with Gasteiger partial charge in [0.2, 0.25) is 0 Å². The zero-order valence-electron chi connectivity index (χ0n) is 25.7. The van der Waals surface area contributed by atoms with Crippen LogP contribution in [-0.4, -0.2) is 49.6 Å². The number of hydrogen-bond donors (Lipinski definition) is 2. The third-order valence-corrected chi connectivity index (χ3v) is 12.0. The van der Waals surface area contributed by atoms with Crippen molar-refractivity contribution in [2.75, 3.05) is 9.80 Å². The summed E-state index contributed by atoms with van der Waals surface area (Å²) in [6, 6.07) is 19.5. The molecule has 0 aliphatic carbocycles. The number of anilines is 2. The Morgan fingerprint density at radius 1 is 0.462 bits per heavy atom. The van der Waals surface area contributed by atoms with E-state index in [-0.39, 0.29) is 43.7 Å². The fourth-order valence-electron chi connectivity index (χ4n) is 7.43. The molecule has 0 saturated heterocycles. The third-order valence-electron chi connectivity index (χ3n) is 9.53. The molecule has 2 N–H and O–H groups in total. The predicted octanol–water partition coefficient (Wildman–Crippen LogP) is 7.14. The first-order chi connectivity index (χ1) is 24.6. The van der Waals surface area contributed by atoms with Crippen LogP contribution < -0.4 is 9.80 Å². The monoisotopic (exact) mass is 770 g/mol. The maximum atomic E-state index is 14.1. The molecule has 0 saturated carbocycles. The van der Waals surface area contributed by atoms with E-state index in [0.29, 0.717) is 48.0 Å². The lowest BCUT2D eigenvalue weighted by Gasteiger charge is -2.30. The number of rotatable bonds is 4. The van der Waals surface area contributed by atoms with Crippen molar-refractivity contribution in [1.82, 2.24) is 0 Å². The van der Waals surface area contributed by atoms with Crippen molar-refractivity contribution < 1.29 is 45.1 Å². The molecule has 12 nitrogen and oxygen atoms in total. The van der Waals surface area contributed by atoms with Crippen LogP contribution in [-0.2, 0) is 20.2 Å². The van der Waals surface area contributed by atoms with E-state index in [1.165, 1.54) is 36.4 Å². The largest absolute Gasteiger partial charge is 0.296 e. The van der Waals surface area contributed by atoms with Crippen molar-refractivity contribution in [2.45, 2.75) is 9.79 Å². The average Bonchev–Trinajstić information content (AvgIpc) is 3.09. The topological polar surface area (TPSA) is 184 Å². The molecule has 0 atom stereocenters. The summed E-state index contributed by atoms with van der Waals surface area (Å²) in [4.78, 5) is 56.2. The van der Waals surface area contributed by atoms with Gasteiger partial charge in [-0.2, -0.15) is 16.8 Å².